The molecular weight excluding hydrogens is 250 g/mol. The number of furan rings is 1. The Hall–Kier alpha value is -0.940. The average Bonchev–Trinajstić information content (AvgIpc) is 2.74. The second-order valence-electron chi connectivity index (χ2n) is 4.12. The summed E-state index contributed by atoms with van der Waals surface area (Å²) < 4.78 is 10.2. The van der Waals surface area contributed by atoms with Crippen molar-refractivity contribution in [2.75, 3.05) is 18.6 Å². The van der Waals surface area contributed by atoms with Gasteiger partial charge in [0.05, 0.1) is 13.7 Å². The van der Waals surface area contributed by atoms with Crippen molar-refractivity contribution in [2.24, 2.45) is 0 Å². The number of hydrogen-bond acceptors (Lipinski definition) is 5. The number of esters is 1. The summed E-state index contributed by atoms with van der Waals surface area (Å²) >= 11 is 1.90. The molecule has 5 heteroatoms. The molecule has 1 aromatic rings. The first-order valence-corrected chi connectivity index (χ1v) is 7.22. The molecule has 0 bridgehead atoms. The molecule has 0 spiro atoms. The molecule has 0 aliphatic rings. The zero-order chi connectivity index (χ0) is 13.5. The lowest BCUT2D eigenvalue weighted by Gasteiger charge is -2.11. The summed E-state index contributed by atoms with van der Waals surface area (Å²) in [5.41, 5.74) is 0.505. The predicted molar refractivity (Wildman–Crippen MR) is 74.1 cm³/mol. The van der Waals surface area contributed by atoms with E-state index in [-0.39, 0.29) is 5.97 Å². The molecule has 0 radical (unpaired) electrons. The van der Waals surface area contributed by atoms with E-state index < -0.39 is 0 Å². The fraction of sp³-hybridized carbons (Fsp3) is 0.615. The molecule has 0 aromatic carbocycles. The number of carbonyl (C=O) groups excluding carboxylic acids is 1. The van der Waals surface area contributed by atoms with Gasteiger partial charge in [0.2, 0.25) is 0 Å². The highest BCUT2D eigenvalue weighted by Gasteiger charge is 2.15. The van der Waals surface area contributed by atoms with Gasteiger partial charge in [0, 0.05) is 11.8 Å². The van der Waals surface area contributed by atoms with Crippen molar-refractivity contribution in [1.82, 2.24) is 5.32 Å². The van der Waals surface area contributed by atoms with E-state index in [9.17, 15) is 4.79 Å². The molecule has 0 aliphatic carbocycles. The minimum Gasteiger partial charge on any atom is -0.465 e. The summed E-state index contributed by atoms with van der Waals surface area (Å²) in [6.07, 6.45) is 0. The van der Waals surface area contributed by atoms with Crippen LogP contribution in [0.25, 0.3) is 0 Å². The average molecular weight is 271 g/mol. The standard InChI is InChI=1S/C13H21NO3S/c1-5-18-8-9(2)14-7-11-6-12(10(3)17-11)13(15)16-4/h6,9,14H,5,7-8H2,1-4H3. The summed E-state index contributed by atoms with van der Waals surface area (Å²) in [7, 11) is 1.37. The topological polar surface area (TPSA) is 51.5 Å². The fourth-order valence-corrected chi connectivity index (χ4v) is 2.28. The first-order chi connectivity index (χ1) is 8.58. The molecule has 1 N–H and O–H groups in total. The fourth-order valence-electron chi connectivity index (χ4n) is 1.57. The van der Waals surface area contributed by atoms with Crippen LogP contribution in [0.3, 0.4) is 0 Å². The molecule has 1 heterocycles. The summed E-state index contributed by atoms with van der Waals surface area (Å²) in [6.45, 7) is 6.69. The van der Waals surface area contributed by atoms with Crippen LogP contribution in [0.5, 0.6) is 0 Å². The Morgan fingerprint density at radius 3 is 2.94 bits per heavy atom. The molecule has 0 fully saturated rings. The third-order valence-corrected chi connectivity index (χ3v) is 3.71. The van der Waals surface area contributed by atoms with Crippen LogP contribution in [-0.2, 0) is 11.3 Å². The largest absolute Gasteiger partial charge is 0.465 e. The SMILES string of the molecule is CCSCC(C)NCc1cc(C(=O)OC)c(C)o1. The molecule has 1 atom stereocenters. The summed E-state index contributed by atoms with van der Waals surface area (Å²) in [5, 5.41) is 3.36. The molecule has 0 aliphatic heterocycles. The van der Waals surface area contributed by atoms with Crippen LogP contribution < -0.4 is 5.32 Å². The van der Waals surface area contributed by atoms with E-state index in [4.69, 9.17) is 4.42 Å². The highest BCUT2D eigenvalue weighted by molar-refractivity contribution is 7.99. The van der Waals surface area contributed by atoms with Crippen molar-refractivity contribution in [3.05, 3.63) is 23.2 Å². The quantitative estimate of drug-likeness (QED) is 0.773. The van der Waals surface area contributed by atoms with Crippen molar-refractivity contribution < 1.29 is 13.9 Å². The summed E-state index contributed by atoms with van der Waals surface area (Å²) in [4.78, 5) is 11.4. The third-order valence-electron chi connectivity index (χ3n) is 2.57. The van der Waals surface area contributed by atoms with E-state index in [0.29, 0.717) is 23.9 Å². The molecule has 102 valence electrons. The lowest BCUT2D eigenvalue weighted by atomic mass is 10.2. The van der Waals surface area contributed by atoms with Crippen LogP contribution in [0.2, 0.25) is 0 Å². The van der Waals surface area contributed by atoms with Gasteiger partial charge in [-0.15, -0.1) is 0 Å². The van der Waals surface area contributed by atoms with Crippen LogP contribution in [0.15, 0.2) is 10.5 Å². The van der Waals surface area contributed by atoms with Gasteiger partial charge in [-0.05, 0) is 25.7 Å². The number of aryl methyl sites for hydroxylation is 1. The van der Waals surface area contributed by atoms with Gasteiger partial charge in [-0.25, -0.2) is 4.79 Å². The second kappa shape index (κ2) is 7.48. The second-order valence-corrected chi connectivity index (χ2v) is 5.43. The minimum atomic E-state index is -0.350. The molecule has 4 nitrogen and oxygen atoms in total. The van der Waals surface area contributed by atoms with Crippen molar-refractivity contribution in [1.29, 1.82) is 0 Å². The molecule has 18 heavy (non-hydrogen) atoms. The van der Waals surface area contributed by atoms with Crippen molar-refractivity contribution in [3.8, 4) is 0 Å². The zero-order valence-electron chi connectivity index (χ0n) is 11.4. The Balaban J connectivity index is 2.50. The first-order valence-electron chi connectivity index (χ1n) is 6.07. The smallest absolute Gasteiger partial charge is 0.341 e. The normalized spacial score (nSPS) is 12.4. The van der Waals surface area contributed by atoms with Gasteiger partial charge in [-0.1, -0.05) is 6.92 Å². The predicted octanol–water partition coefficient (Wildman–Crippen LogP) is 2.61. The van der Waals surface area contributed by atoms with E-state index in [1.165, 1.54) is 7.11 Å². The van der Waals surface area contributed by atoms with E-state index in [1.54, 1.807) is 13.0 Å². The monoisotopic (exact) mass is 271 g/mol. The van der Waals surface area contributed by atoms with E-state index in [2.05, 4.69) is 23.9 Å². The summed E-state index contributed by atoms with van der Waals surface area (Å²) in [5.74, 6) is 3.21. The van der Waals surface area contributed by atoms with E-state index in [0.717, 1.165) is 17.3 Å². The maximum Gasteiger partial charge on any atom is 0.341 e. The number of hydrogen-bond donors (Lipinski definition) is 1. The lowest BCUT2D eigenvalue weighted by molar-refractivity contribution is 0.0599. The van der Waals surface area contributed by atoms with Crippen LogP contribution in [-0.4, -0.2) is 30.6 Å². The highest BCUT2D eigenvalue weighted by Crippen LogP contribution is 2.15. The van der Waals surface area contributed by atoms with Gasteiger partial charge in [0.1, 0.15) is 17.1 Å². The molecule has 1 rings (SSSR count). The summed E-state index contributed by atoms with van der Waals surface area (Å²) in [6, 6.07) is 2.16. The van der Waals surface area contributed by atoms with Crippen LogP contribution in [0.4, 0.5) is 0 Å². The Bertz CT molecular complexity index is 390. The van der Waals surface area contributed by atoms with Crippen molar-refractivity contribution >= 4 is 17.7 Å². The number of thioether (sulfide) groups is 1. The van der Waals surface area contributed by atoms with Crippen LogP contribution in [0.1, 0.15) is 35.7 Å². The number of nitrogens with one attached hydrogen (secondary N) is 1. The molecule has 0 amide bonds. The van der Waals surface area contributed by atoms with Gasteiger partial charge in [-0.3, -0.25) is 0 Å². The first kappa shape index (κ1) is 15.1. The van der Waals surface area contributed by atoms with Crippen molar-refractivity contribution in [2.45, 2.75) is 33.4 Å². The Kier molecular flexibility index (Phi) is 6.29. The molecule has 1 aromatic heterocycles. The van der Waals surface area contributed by atoms with Gasteiger partial charge in [0.25, 0.3) is 0 Å². The number of carbonyl (C=O) groups is 1. The Morgan fingerprint density at radius 1 is 1.61 bits per heavy atom. The number of ether oxygens (including phenoxy) is 1. The molecule has 1 unspecified atom stereocenters. The highest BCUT2D eigenvalue weighted by atomic mass is 32.2. The molecule has 0 saturated carbocycles. The van der Waals surface area contributed by atoms with E-state index >= 15 is 0 Å². The lowest BCUT2D eigenvalue weighted by Crippen LogP contribution is -2.27. The van der Waals surface area contributed by atoms with Crippen LogP contribution in [0, 0.1) is 6.92 Å². The van der Waals surface area contributed by atoms with Gasteiger partial charge < -0.3 is 14.5 Å². The maximum atomic E-state index is 11.4. The van der Waals surface area contributed by atoms with Gasteiger partial charge in [-0.2, -0.15) is 11.8 Å². The Labute approximate surface area is 112 Å². The zero-order valence-corrected chi connectivity index (χ0v) is 12.2. The maximum absolute atomic E-state index is 11.4. The number of rotatable bonds is 7. The Morgan fingerprint density at radius 2 is 2.33 bits per heavy atom. The minimum absolute atomic E-state index is 0.350. The van der Waals surface area contributed by atoms with E-state index in [1.807, 2.05) is 11.8 Å². The molecule has 0 saturated heterocycles. The van der Waals surface area contributed by atoms with Gasteiger partial charge >= 0.3 is 5.97 Å². The van der Waals surface area contributed by atoms with Crippen LogP contribution >= 0.6 is 11.8 Å². The van der Waals surface area contributed by atoms with Gasteiger partial charge in [0.15, 0.2) is 0 Å². The number of methoxy groups -OCH3 is 1. The van der Waals surface area contributed by atoms with Crippen molar-refractivity contribution in [3.63, 3.8) is 0 Å². The molecular formula is C13H21NO3S. The third kappa shape index (κ3) is 4.38.